The second-order valence-electron chi connectivity index (χ2n) is 4.57. The van der Waals surface area contributed by atoms with Crippen molar-refractivity contribution in [1.82, 2.24) is 0 Å². The van der Waals surface area contributed by atoms with Crippen molar-refractivity contribution in [2.45, 2.75) is 6.18 Å². The van der Waals surface area contributed by atoms with Crippen LogP contribution in [-0.2, 0) is 6.18 Å². The van der Waals surface area contributed by atoms with Crippen LogP contribution in [0.5, 0.6) is 0 Å². The van der Waals surface area contributed by atoms with Gasteiger partial charge in [-0.3, -0.25) is 10.1 Å². The van der Waals surface area contributed by atoms with Gasteiger partial charge in [0.05, 0.1) is 4.92 Å². The summed E-state index contributed by atoms with van der Waals surface area (Å²) in [4.78, 5) is 21.2. The minimum Gasteiger partial charge on any atom is -0.308 e. The van der Waals surface area contributed by atoms with Crippen LogP contribution in [0.25, 0.3) is 0 Å². The third-order valence-electron chi connectivity index (χ3n) is 2.86. The van der Waals surface area contributed by atoms with Gasteiger partial charge in [-0.25, -0.2) is 9.18 Å². The van der Waals surface area contributed by atoms with Crippen molar-refractivity contribution in [3.63, 3.8) is 0 Å². The molecule has 0 saturated carbocycles. The predicted octanol–water partition coefficient (Wildman–Crippen LogP) is 4.40. The summed E-state index contributed by atoms with van der Waals surface area (Å²) in [5, 5.41) is 15.0. The lowest BCUT2D eigenvalue weighted by molar-refractivity contribution is -0.388. The van der Waals surface area contributed by atoms with E-state index in [0.29, 0.717) is 12.1 Å². The van der Waals surface area contributed by atoms with Crippen molar-refractivity contribution >= 4 is 23.1 Å². The molecule has 0 aliphatic heterocycles. The lowest BCUT2D eigenvalue weighted by Crippen LogP contribution is -2.20. The normalized spacial score (nSPS) is 11.0. The first kappa shape index (κ1) is 17.2. The highest BCUT2D eigenvalue weighted by molar-refractivity contribution is 5.99. The van der Waals surface area contributed by atoms with Crippen molar-refractivity contribution < 1.29 is 27.3 Å². The summed E-state index contributed by atoms with van der Waals surface area (Å²) in [6, 6.07) is 5.88. The molecule has 0 heterocycles. The Bertz CT molecular complexity index is 776. The van der Waals surface area contributed by atoms with Crippen LogP contribution in [0.3, 0.4) is 0 Å². The molecule has 6 nitrogen and oxygen atoms in total. The second kappa shape index (κ2) is 6.52. The molecule has 0 atom stereocenters. The summed E-state index contributed by atoms with van der Waals surface area (Å²) in [6.45, 7) is 0. The van der Waals surface area contributed by atoms with Gasteiger partial charge in [0.2, 0.25) is 0 Å². The molecule has 0 bridgehead atoms. The Hall–Kier alpha value is -3.17. The molecule has 10 heteroatoms. The Kier molecular flexibility index (Phi) is 4.67. The van der Waals surface area contributed by atoms with Gasteiger partial charge in [0.25, 0.3) is 5.69 Å². The zero-order valence-electron chi connectivity index (χ0n) is 11.7. The van der Waals surface area contributed by atoms with Gasteiger partial charge in [-0.05, 0) is 36.4 Å². The molecular weight excluding hydrogens is 334 g/mol. The number of carbonyl (C=O) groups is 1. The van der Waals surface area contributed by atoms with Gasteiger partial charge < -0.3 is 10.6 Å². The molecule has 0 aromatic heterocycles. The lowest BCUT2D eigenvalue weighted by Gasteiger charge is -2.11. The van der Waals surface area contributed by atoms with Crippen LogP contribution in [0, 0.1) is 15.9 Å². The van der Waals surface area contributed by atoms with Gasteiger partial charge in [0.1, 0.15) is 11.4 Å². The van der Waals surface area contributed by atoms with E-state index >= 15 is 0 Å². The predicted molar refractivity (Wildman–Crippen MR) is 77.1 cm³/mol. The van der Waals surface area contributed by atoms with E-state index in [9.17, 15) is 32.5 Å². The number of halogens is 4. The average molecular weight is 343 g/mol. The number of urea groups is 1. The summed E-state index contributed by atoms with van der Waals surface area (Å²) in [5.41, 5.74) is -2.67. The number of benzene rings is 2. The van der Waals surface area contributed by atoms with E-state index in [1.165, 1.54) is 12.1 Å². The second-order valence-corrected chi connectivity index (χ2v) is 4.57. The molecule has 2 N–H and O–H groups in total. The summed E-state index contributed by atoms with van der Waals surface area (Å²) in [5.74, 6) is -0.522. The fourth-order valence-corrected chi connectivity index (χ4v) is 1.83. The van der Waals surface area contributed by atoms with Crippen molar-refractivity contribution in [2.75, 3.05) is 10.6 Å². The van der Waals surface area contributed by atoms with E-state index in [2.05, 4.69) is 10.6 Å². The van der Waals surface area contributed by atoms with Crippen molar-refractivity contribution in [2.24, 2.45) is 0 Å². The molecule has 2 amide bonds. The molecule has 2 aromatic rings. The van der Waals surface area contributed by atoms with Gasteiger partial charge in [-0.15, -0.1) is 0 Å². The molecule has 0 spiro atoms. The highest BCUT2D eigenvalue weighted by Gasteiger charge is 2.38. The molecule has 2 rings (SSSR count). The molecule has 0 aliphatic carbocycles. The highest BCUT2D eigenvalue weighted by atomic mass is 19.4. The summed E-state index contributed by atoms with van der Waals surface area (Å²) in [6.07, 6.45) is -4.95. The monoisotopic (exact) mass is 343 g/mol. The van der Waals surface area contributed by atoms with E-state index in [4.69, 9.17) is 0 Å². The van der Waals surface area contributed by atoms with Gasteiger partial charge in [-0.2, -0.15) is 13.2 Å². The largest absolute Gasteiger partial charge is 0.423 e. The molecule has 0 saturated heterocycles. The molecule has 0 radical (unpaired) electrons. The standard InChI is InChI=1S/C14H9F4N3O3/c15-8-1-3-9(4-2-8)19-13(22)20-10-5-6-12(21(23)24)11(7-10)14(16,17)18/h1-7H,(H2,19,20,22). The zero-order chi connectivity index (χ0) is 17.9. The molecule has 126 valence electrons. The minimum absolute atomic E-state index is 0.215. The Morgan fingerprint density at radius 1 is 1.00 bits per heavy atom. The van der Waals surface area contributed by atoms with E-state index in [1.807, 2.05) is 0 Å². The first-order chi connectivity index (χ1) is 11.2. The summed E-state index contributed by atoms with van der Waals surface area (Å²) < 4.78 is 51.3. The third kappa shape index (κ3) is 4.18. The number of rotatable bonds is 3. The highest BCUT2D eigenvalue weighted by Crippen LogP contribution is 2.37. The first-order valence-corrected chi connectivity index (χ1v) is 6.36. The molecule has 0 unspecified atom stereocenters. The number of carbonyl (C=O) groups excluding carboxylic acids is 1. The van der Waals surface area contributed by atoms with E-state index in [-0.39, 0.29) is 11.4 Å². The Balaban J connectivity index is 2.19. The minimum atomic E-state index is -4.95. The van der Waals surface area contributed by atoms with Gasteiger partial charge >= 0.3 is 12.2 Å². The number of nitrogens with zero attached hydrogens (tertiary/aromatic N) is 1. The van der Waals surface area contributed by atoms with Crippen LogP contribution < -0.4 is 10.6 Å². The SMILES string of the molecule is O=C(Nc1ccc(F)cc1)Nc1ccc([N+](=O)[O-])c(C(F)(F)F)c1. The topological polar surface area (TPSA) is 84.3 Å². The van der Waals surface area contributed by atoms with Crippen LogP contribution >= 0.6 is 0 Å². The number of amides is 2. The number of nitro benzene ring substituents is 1. The van der Waals surface area contributed by atoms with Crippen LogP contribution in [-0.4, -0.2) is 11.0 Å². The third-order valence-corrected chi connectivity index (χ3v) is 2.86. The Labute approximate surface area is 132 Å². The number of nitrogens with one attached hydrogen (secondary N) is 2. The van der Waals surface area contributed by atoms with Crippen LogP contribution in [0.2, 0.25) is 0 Å². The molecule has 0 aliphatic rings. The van der Waals surface area contributed by atoms with Crippen molar-refractivity contribution in [3.8, 4) is 0 Å². The van der Waals surface area contributed by atoms with Crippen LogP contribution in [0.1, 0.15) is 5.56 Å². The Morgan fingerprint density at radius 2 is 1.54 bits per heavy atom. The number of nitro groups is 1. The van der Waals surface area contributed by atoms with Gasteiger partial charge in [-0.1, -0.05) is 0 Å². The van der Waals surface area contributed by atoms with E-state index in [1.54, 1.807) is 0 Å². The maximum atomic E-state index is 12.8. The van der Waals surface area contributed by atoms with Gasteiger partial charge in [0.15, 0.2) is 0 Å². The molecular formula is C14H9F4N3O3. The average Bonchev–Trinajstić information content (AvgIpc) is 2.48. The maximum Gasteiger partial charge on any atom is 0.423 e. The first-order valence-electron chi connectivity index (χ1n) is 6.36. The lowest BCUT2D eigenvalue weighted by atomic mass is 10.1. The van der Waals surface area contributed by atoms with E-state index in [0.717, 1.165) is 18.2 Å². The van der Waals surface area contributed by atoms with Gasteiger partial charge in [0, 0.05) is 17.4 Å². The summed E-state index contributed by atoms with van der Waals surface area (Å²) in [7, 11) is 0. The molecule has 0 fully saturated rings. The Morgan fingerprint density at radius 3 is 2.08 bits per heavy atom. The van der Waals surface area contributed by atoms with Crippen LogP contribution in [0.4, 0.5) is 39.4 Å². The zero-order valence-corrected chi connectivity index (χ0v) is 11.7. The fraction of sp³-hybridized carbons (Fsp3) is 0.0714. The molecule has 2 aromatic carbocycles. The maximum absolute atomic E-state index is 12.8. The number of anilines is 2. The van der Waals surface area contributed by atoms with Crippen LogP contribution in [0.15, 0.2) is 42.5 Å². The number of alkyl halides is 3. The van der Waals surface area contributed by atoms with E-state index < -0.39 is 34.2 Å². The summed E-state index contributed by atoms with van der Waals surface area (Å²) >= 11 is 0. The number of hydrogen-bond donors (Lipinski definition) is 2. The van der Waals surface area contributed by atoms with Crippen molar-refractivity contribution in [1.29, 1.82) is 0 Å². The fourth-order valence-electron chi connectivity index (χ4n) is 1.83. The molecule has 24 heavy (non-hydrogen) atoms. The van der Waals surface area contributed by atoms with Crippen molar-refractivity contribution in [3.05, 3.63) is 64.0 Å². The smallest absolute Gasteiger partial charge is 0.308 e. The number of hydrogen-bond acceptors (Lipinski definition) is 3. The quantitative estimate of drug-likeness (QED) is 0.492.